The maximum atomic E-state index is 3.51. The summed E-state index contributed by atoms with van der Waals surface area (Å²) in [6, 6.07) is 9.66. The normalized spacial score (nSPS) is 21.5. The van der Waals surface area contributed by atoms with E-state index < -0.39 is 0 Å². The molecule has 0 amide bonds. The molecule has 88 valence electrons. The van der Waals surface area contributed by atoms with Gasteiger partial charge in [0.1, 0.15) is 0 Å². The fraction of sp³-hybridized carbons (Fsp3) is 0.600. The first-order chi connectivity index (χ1) is 7.86. The van der Waals surface area contributed by atoms with Gasteiger partial charge in [-0.25, -0.2) is 0 Å². The molecule has 0 radical (unpaired) electrons. The van der Waals surface area contributed by atoms with Gasteiger partial charge >= 0.3 is 0 Å². The van der Waals surface area contributed by atoms with Crippen molar-refractivity contribution < 1.29 is 0 Å². The van der Waals surface area contributed by atoms with E-state index in [9.17, 15) is 0 Å². The van der Waals surface area contributed by atoms with Gasteiger partial charge in [0.05, 0.1) is 0 Å². The van der Waals surface area contributed by atoms with Crippen LogP contribution in [0.25, 0.3) is 0 Å². The summed E-state index contributed by atoms with van der Waals surface area (Å²) in [5.74, 6) is 0.731. The van der Waals surface area contributed by atoms with Crippen molar-refractivity contribution in [2.45, 2.75) is 51.0 Å². The average Bonchev–Trinajstić information content (AvgIpc) is 2.35. The highest BCUT2D eigenvalue weighted by atomic mass is 14.9. The number of rotatable bonds is 4. The van der Waals surface area contributed by atoms with Crippen molar-refractivity contribution in [3.05, 3.63) is 35.4 Å². The molecule has 0 saturated heterocycles. The first-order valence-electron chi connectivity index (χ1n) is 6.62. The van der Waals surface area contributed by atoms with Gasteiger partial charge in [0.25, 0.3) is 0 Å². The topological polar surface area (TPSA) is 12.0 Å². The van der Waals surface area contributed by atoms with Crippen molar-refractivity contribution in [3.63, 3.8) is 0 Å². The zero-order valence-electron chi connectivity index (χ0n) is 10.5. The monoisotopic (exact) mass is 217 g/mol. The van der Waals surface area contributed by atoms with E-state index in [-0.39, 0.29) is 0 Å². The summed E-state index contributed by atoms with van der Waals surface area (Å²) < 4.78 is 0. The van der Waals surface area contributed by atoms with Crippen molar-refractivity contribution in [1.82, 2.24) is 5.32 Å². The smallest absolute Gasteiger partial charge is 0.0133 e. The predicted octanol–water partition coefficient (Wildman–Crippen LogP) is 3.49. The first-order valence-corrected chi connectivity index (χ1v) is 6.62. The molecule has 0 fully saturated rings. The van der Waals surface area contributed by atoms with Gasteiger partial charge < -0.3 is 5.32 Å². The fourth-order valence-electron chi connectivity index (χ4n) is 3.07. The standard InChI is InChI=1S/C15H23N/c1-3-7-15(16-2)14-11-6-9-12-8-4-5-10-13(12)14/h4-5,8,10,14-16H,3,6-7,9,11H2,1-2H3. The molecule has 0 spiro atoms. The number of hydrogen-bond acceptors (Lipinski definition) is 1. The van der Waals surface area contributed by atoms with Crippen molar-refractivity contribution in [2.24, 2.45) is 0 Å². The Hall–Kier alpha value is -0.820. The number of aryl methyl sites for hydroxylation is 1. The summed E-state index contributed by atoms with van der Waals surface area (Å²) >= 11 is 0. The lowest BCUT2D eigenvalue weighted by Crippen LogP contribution is -2.33. The van der Waals surface area contributed by atoms with Crippen LogP contribution in [-0.2, 0) is 6.42 Å². The Morgan fingerprint density at radius 3 is 2.94 bits per heavy atom. The van der Waals surface area contributed by atoms with Crippen LogP contribution in [0.4, 0.5) is 0 Å². The average molecular weight is 217 g/mol. The van der Waals surface area contributed by atoms with Crippen LogP contribution >= 0.6 is 0 Å². The van der Waals surface area contributed by atoms with Crippen LogP contribution in [0.15, 0.2) is 24.3 Å². The molecule has 0 bridgehead atoms. The van der Waals surface area contributed by atoms with Crippen LogP contribution in [0.2, 0.25) is 0 Å². The Labute approximate surface area is 99.3 Å². The third-order valence-corrected chi connectivity index (χ3v) is 3.87. The fourth-order valence-corrected chi connectivity index (χ4v) is 3.07. The maximum absolute atomic E-state index is 3.51. The van der Waals surface area contributed by atoms with Crippen LogP contribution in [0.3, 0.4) is 0 Å². The highest BCUT2D eigenvalue weighted by Gasteiger charge is 2.25. The second-order valence-electron chi connectivity index (χ2n) is 4.88. The molecule has 1 aliphatic rings. The van der Waals surface area contributed by atoms with Crippen LogP contribution in [-0.4, -0.2) is 13.1 Å². The quantitative estimate of drug-likeness (QED) is 0.814. The van der Waals surface area contributed by atoms with E-state index in [4.69, 9.17) is 0 Å². The Balaban J connectivity index is 2.23. The van der Waals surface area contributed by atoms with Gasteiger partial charge in [-0.1, -0.05) is 37.6 Å². The third-order valence-electron chi connectivity index (χ3n) is 3.87. The molecule has 0 heterocycles. The van der Waals surface area contributed by atoms with Gasteiger partial charge in [0.15, 0.2) is 0 Å². The summed E-state index contributed by atoms with van der Waals surface area (Å²) in [4.78, 5) is 0. The summed E-state index contributed by atoms with van der Waals surface area (Å²) in [5.41, 5.74) is 3.18. The molecular weight excluding hydrogens is 194 g/mol. The lowest BCUT2D eigenvalue weighted by atomic mass is 9.77. The van der Waals surface area contributed by atoms with E-state index in [0.717, 1.165) is 5.92 Å². The molecular formula is C15H23N. The molecule has 16 heavy (non-hydrogen) atoms. The van der Waals surface area contributed by atoms with Gasteiger partial charge in [0.2, 0.25) is 0 Å². The van der Waals surface area contributed by atoms with E-state index in [1.165, 1.54) is 32.1 Å². The summed E-state index contributed by atoms with van der Waals surface area (Å²) in [5, 5.41) is 3.51. The lowest BCUT2D eigenvalue weighted by molar-refractivity contribution is 0.391. The molecule has 1 aromatic carbocycles. The molecule has 1 aromatic rings. The van der Waals surface area contributed by atoms with Crippen LogP contribution in [0.1, 0.15) is 49.7 Å². The van der Waals surface area contributed by atoms with Crippen LogP contribution in [0.5, 0.6) is 0 Å². The van der Waals surface area contributed by atoms with E-state index in [0.29, 0.717) is 6.04 Å². The molecule has 1 nitrogen and oxygen atoms in total. The maximum Gasteiger partial charge on any atom is 0.0133 e. The van der Waals surface area contributed by atoms with Gasteiger partial charge in [-0.3, -0.25) is 0 Å². The second kappa shape index (κ2) is 5.49. The second-order valence-corrected chi connectivity index (χ2v) is 4.88. The van der Waals surface area contributed by atoms with Crippen molar-refractivity contribution in [2.75, 3.05) is 7.05 Å². The summed E-state index contributed by atoms with van der Waals surface area (Å²) in [6.45, 7) is 2.28. The SMILES string of the molecule is CCCC(NC)C1CCCc2ccccc21. The number of likely N-dealkylation sites (N-methyl/N-ethyl adjacent to an activating group) is 1. The summed E-state index contributed by atoms with van der Waals surface area (Å²) in [7, 11) is 2.11. The first kappa shape index (κ1) is 11.7. The largest absolute Gasteiger partial charge is 0.316 e. The van der Waals surface area contributed by atoms with Crippen LogP contribution in [0, 0.1) is 0 Å². The molecule has 1 N–H and O–H groups in total. The van der Waals surface area contributed by atoms with E-state index in [1.54, 1.807) is 11.1 Å². The number of nitrogens with one attached hydrogen (secondary N) is 1. The Kier molecular flexibility index (Phi) is 4.00. The minimum atomic E-state index is 0.659. The number of fused-ring (bicyclic) bond motifs is 1. The molecule has 0 aliphatic heterocycles. The highest BCUT2D eigenvalue weighted by molar-refractivity contribution is 5.33. The molecule has 2 atom stereocenters. The highest BCUT2D eigenvalue weighted by Crippen LogP contribution is 2.35. The third kappa shape index (κ3) is 2.30. The molecule has 0 saturated carbocycles. The lowest BCUT2D eigenvalue weighted by Gasteiger charge is -2.32. The van der Waals surface area contributed by atoms with Gasteiger partial charge in [0, 0.05) is 6.04 Å². The van der Waals surface area contributed by atoms with Gasteiger partial charge in [-0.15, -0.1) is 0 Å². The molecule has 1 aliphatic carbocycles. The van der Waals surface area contributed by atoms with E-state index in [1.807, 2.05) is 0 Å². The zero-order valence-corrected chi connectivity index (χ0v) is 10.5. The Morgan fingerprint density at radius 2 is 2.19 bits per heavy atom. The van der Waals surface area contributed by atoms with Gasteiger partial charge in [-0.05, 0) is 49.8 Å². The number of benzene rings is 1. The van der Waals surface area contributed by atoms with E-state index >= 15 is 0 Å². The van der Waals surface area contributed by atoms with Crippen molar-refractivity contribution in [3.8, 4) is 0 Å². The van der Waals surface area contributed by atoms with Crippen molar-refractivity contribution in [1.29, 1.82) is 0 Å². The number of hydrogen-bond donors (Lipinski definition) is 1. The minimum Gasteiger partial charge on any atom is -0.316 e. The van der Waals surface area contributed by atoms with Crippen molar-refractivity contribution >= 4 is 0 Å². The Morgan fingerprint density at radius 1 is 1.38 bits per heavy atom. The van der Waals surface area contributed by atoms with Crippen LogP contribution < -0.4 is 5.32 Å². The molecule has 1 heteroatoms. The molecule has 2 unspecified atom stereocenters. The van der Waals surface area contributed by atoms with Gasteiger partial charge in [-0.2, -0.15) is 0 Å². The minimum absolute atomic E-state index is 0.659. The molecule has 2 rings (SSSR count). The summed E-state index contributed by atoms with van der Waals surface area (Å²) in [6.07, 6.45) is 6.53. The van der Waals surface area contributed by atoms with E-state index in [2.05, 4.69) is 43.6 Å². The Bertz CT molecular complexity index is 332. The molecule has 0 aromatic heterocycles. The zero-order chi connectivity index (χ0) is 11.4. The predicted molar refractivity (Wildman–Crippen MR) is 69.9 cm³/mol.